The first kappa shape index (κ1) is 12.0. The van der Waals surface area contributed by atoms with E-state index in [1.807, 2.05) is 0 Å². The smallest absolute Gasteiger partial charge is 0.0114 e. The fraction of sp³-hybridized carbons (Fsp3) is 1.00. The third kappa shape index (κ3) is 2.15. The minimum atomic E-state index is 0.812. The van der Waals surface area contributed by atoms with Gasteiger partial charge in [0.25, 0.3) is 0 Å². The van der Waals surface area contributed by atoms with Crippen molar-refractivity contribution in [1.29, 1.82) is 0 Å². The van der Waals surface area contributed by atoms with Gasteiger partial charge in [0.2, 0.25) is 0 Å². The monoisotopic (exact) mass is 236 g/mol. The van der Waals surface area contributed by atoms with Gasteiger partial charge in [-0.15, -0.1) is 0 Å². The van der Waals surface area contributed by atoms with Crippen LogP contribution < -0.4 is 5.32 Å². The Morgan fingerprint density at radius 2 is 1.88 bits per heavy atom. The summed E-state index contributed by atoms with van der Waals surface area (Å²) in [6.07, 6.45) is 7.40. The standard InChI is InChI=1S/C15H28N2/c1-11(13-6-4-3-5-7-13)17-10-14-8-16-9-15(14)12(17)2/h11-16H,3-10H2,1-2H3. The lowest BCUT2D eigenvalue weighted by Crippen LogP contribution is -2.43. The van der Waals surface area contributed by atoms with Gasteiger partial charge in [0.1, 0.15) is 0 Å². The summed E-state index contributed by atoms with van der Waals surface area (Å²) in [6.45, 7) is 8.86. The number of fused-ring (bicyclic) bond motifs is 1. The maximum atomic E-state index is 3.57. The number of nitrogens with one attached hydrogen (secondary N) is 1. The SMILES string of the molecule is CC(C1CCCCC1)N1CC2CNCC2C1C. The highest BCUT2D eigenvalue weighted by molar-refractivity contribution is 4.99. The van der Waals surface area contributed by atoms with Crippen molar-refractivity contribution in [2.45, 2.75) is 58.0 Å². The summed E-state index contributed by atoms with van der Waals surface area (Å²) in [6, 6.07) is 1.64. The second-order valence-corrected chi connectivity index (χ2v) is 6.66. The number of nitrogens with zero attached hydrogens (tertiary/aromatic N) is 1. The minimum Gasteiger partial charge on any atom is -0.316 e. The molecule has 2 heteroatoms. The van der Waals surface area contributed by atoms with Gasteiger partial charge in [-0.25, -0.2) is 0 Å². The molecule has 1 aliphatic carbocycles. The highest BCUT2D eigenvalue weighted by Crippen LogP contribution is 2.37. The lowest BCUT2D eigenvalue weighted by Gasteiger charge is -2.37. The van der Waals surface area contributed by atoms with E-state index < -0.39 is 0 Å². The highest BCUT2D eigenvalue weighted by Gasteiger charge is 2.44. The molecule has 3 rings (SSSR count). The third-order valence-corrected chi connectivity index (χ3v) is 5.84. The van der Waals surface area contributed by atoms with Crippen molar-refractivity contribution in [3.8, 4) is 0 Å². The fourth-order valence-corrected chi connectivity index (χ4v) is 4.63. The second-order valence-electron chi connectivity index (χ2n) is 6.66. The van der Waals surface area contributed by atoms with Crippen LogP contribution in [0.25, 0.3) is 0 Å². The first-order chi connectivity index (χ1) is 8.27. The largest absolute Gasteiger partial charge is 0.316 e. The van der Waals surface area contributed by atoms with Gasteiger partial charge in [0, 0.05) is 18.6 Å². The molecule has 98 valence electrons. The number of hydrogen-bond acceptors (Lipinski definition) is 2. The molecule has 2 aliphatic heterocycles. The Hall–Kier alpha value is -0.0800. The molecule has 0 radical (unpaired) electrons. The van der Waals surface area contributed by atoms with Crippen LogP contribution in [0.3, 0.4) is 0 Å². The Morgan fingerprint density at radius 3 is 2.59 bits per heavy atom. The molecule has 2 heterocycles. The normalized spacial score (nSPS) is 41.6. The van der Waals surface area contributed by atoms with Crippen molar-refractivity contribution in [3.63, 3.8) is 0 Å². The molecular weight excluding hydrogens is 208 g/mol. The first-order valence-corrected chi connectivity index (χ1v) is 7.74. The van der Waals surface area contributed by atoms with E-state index in [2.05, 4.69) is 24.1 Å². The van der Waals surface area contributed by atoms with Gasteiger partial charge in [-0.1, -0.05) is 19.3 Å². The molecule has 17 heavy (non-hydrogen) atoms. The molecule has 1 N–H and O–H groups in total. The maximum absolute atomic E-state index is 3.57. The Kier molecular flexibility index (Phi) is 3.45. The molecule has 3 fully saturated rings. The summed E-state index contributed by atoms with van der Waals surface area (Å²) in [5.74, 6) is 2.86. The summed E-state index contributed by atoms with van der Waals surface area (Å²) in [4.78, 5) is 2.84. The zero-order chi connectivity index (χ0) is 11.8. The summed E-state index contributed by atoms with van der Waals surface area (Å²) in [7, 11) is 0. The zero-order valence-electron chi connectivity index (χ0n) is 11.5. The molecular formula is C15H28N2. The van der Waals surface area contributed by atoms with Crippen molar-refractivity contribution in [2.75, 3.05) is 19.6 Å². The van der Waals surface area contributed by atoms with Crippen LogP contribution in [0.15, 0.2) is 0 Å². The van der Waals surface area contributed by atoms with Gasteiger partial charge in [0.05, 0.1) is 0 Å². The summed E-state index contributed by atoms with van der Waals surface area (Å²) in [5.41, 5.74) is 0. The third-order valence-electron chi connectivity index (χ3n) is 5.84. The van der Waals surface area contributed by atoms with Crippen LogP contribution in [0.4, 0.5) is 0 Å². The molecule has 4 unspecified atom stereocenters. The van der Waals surface area contributed by atoms with Crippen LogP contribution in [0, 0.1) is 17.8 Å². The van der Waals surface area contributed by atoms with E-state index in [-0.39, 0.29) is 0 Å². The van der Waals surface area contributed by atoms with Crippen LogP contribution in [0.1, 0.15) is 46.0 Å². The molecule has 1 saturated carbocycles. The maximum Gasteiger partial charge on any atom is 0.0114 e. The second kappa shape index (κ2) is 4.89. The van der Waals surface area contributed by atoms with Gasteiger partial charge in [-0.05, 0) is 57.5 Å². The lowest BCUT2D eigenvalue weighted by atomic mass is 9.83. The van der Waals surface area contributed by atoms with E-state index in [9.17, 15) is 0 Å². The van der Waals surface area contributed by atoms with Crippen LogP contribution in [0.2, 0.25) is 0 Å². The molecule has 3 aliphatic rings. The molecule has 0 spiro atoms. The van der Waals surface area contributed by atoms with Gasteiger partial charge in [-0.2, -0.15) is 0 Å². The van der Waals surface area contributed by atoms with Crippen LogP contribution in [0.5, 0.6) is 0 Å². The quantitative estimate of drug-likeness (QED) is 0.792. The number of likely N-dealkylation sites (tertiary alicyclic amines) is 1. The average molecular weight is 236 g/mol. The van der Waals surface area contributed by atoms with E-state index >= 15 is 0 Å². The molecule has 2 saturated heterocycles. The molecule has 4 atom stereocenters. The van der Waals surface area contributed by atoms with Crippen molar-refractivity contribution < 1.29 is 0 Å². The average Bonchev–Trinajstić information content (AvgIpc) is 2.93. The Labute approximate surface area is 106 Å². The van der Waals surface area contributed by atoms with Crippen molar-refractivity contribution in [1.82, 2.24) is 10.2 Å². The minimum absolute atomic E-state index is 0.812. The number of rotatable bonds is 2. The molecule has 2 nitrogen and oxygen atoms in total. The molecule has 0 aromatic rings. The number of hydrogen-bond donors (Lipinski definition) is 1. The molecule has 0 aromatic carbocycles. The van der Waals surface area contributed by atoms with Crippen molar-refractivity contribution in [3.05, 3.63) is 0 Å². The van der Waals surface area contributed by atoms with E-state index in [0.717, 1.165) is 29.8 Å². The predicted molar refractivity (Wildman–Crippen MR) is 72.1 cm³/mol. The summed E-state index contributed by atoms with van der Waals surface area (Å²) in [5, 5.41) is 3.57. The Morgan fingerprint density at radius 1 is 1.12 bits per heavy atom. The van der Waals surface area contributed by atoms with Gasteiger partial charge >= 0.3 is 0 Å². The Balaban J connectivity index is 1.63. The topological polar surface area (TPSA) is 15.3 Å². The van der Waals surface area contributed by atoms with E-state index in [1.54, 1.807) is 0 Å². The van der Waals surface area contributed by atoms with Crippen LogP contribution >= 0.6 is 0 Å². The molecule has 0 aromatic heterocycles. The van der Waals surface area contributed by atoms with Crippen molar-refractivity contribution >= 4 is 0 Å². The molecule has 0 bridgehead atoms. The molecule has 0 amide bonds. The van der Waals surface area contributed by atoms with Crippen LogP contribution in [-0.2, 0) is 0 Å². The highest BCUT2D eigenvalue weighted by atomic mass is 15.2. The lowest BCUT2D eigenvalue weighted by molar-refractivity contribution is 0.112. The summed E-state index contributed by atoms with van der Waals surface area (Å²) < 4.78 is 0. The first-order valence-electron chi connectivity index (χ1n) is 7.74. The zero-order valence-corrected chi connectivity index (χ0v) is 11.5. The predicted octanol–water partition coefficient (Wildman–Crippen LogP) is 2.49. The van der Waals surface area contributed by atoms with Gasteiger partial charge < -0.3 is 5.32 Å². The van der Waals surface area contributed by atoms with Gasteiger partial charge in [-0.3, -0.25) is 4.90 Å². The van der Waals surface area contributed by atoms with Crippen LogP contribution in [-0.4, -0.2) is 36.6 Å². The Bertz CT molecular complexity index is 260. The summed E-state index contributed by atoms with van der Waals surface area (Å²) >= 11 is 0. The van der Waals surface area contributed by atoms with E-state index in [4.69, 9.17) is 0 Å². The van der Waals surface area contributed by atoms with E-state index in [1.165, 1.54) is 51.7 Å². The fourth-order valence-electron chi connectivity index (χ4n) is 4.63. The van der Waals surface area contributed by atoms with Gasteiger partial charge in [0.15, 0.2) is 0 Å². The van der Waals surface area contributed by atoms with E-state index in [0.29, 0.717) is 0 Å². The van der Waals surface area contributed by atoms with Crippen molar-refractivity contribution in [2.24, 2.45) is 17.8 Å².